The molecule has 0 N–H and O–H groups in total. The zero-order valence-corrected chi connectivity index (χ0v) is 16.0. The molecule has 0 aromatic rings. The third-order valence-corrected chi connectivity index (χ3v) is 4.74. The number of ether oxygens (including phenoxy) is 1. The van der Waals surface area contributed by atoms with Gasteiger partial charge in [0.05, 0.1) is 5.54 Å². The quantitative estimate of drug-likeness (QED) is 0.442. The molecular formula is C20H39NO. The SMILES string of the molecule is CC(C)CCCC(C)CCCC(C)CCC1=NC(C)(C)CO1. The first kappa shape index (κ1) is 19.5. The van der Waals surface area contributed by atoms with Crippen LogP contribution >= 0.6 is 0 Å². The highest BCUT2D eigenvalue weighted by Gasteiger charge is 2.25. The van der Waals surface area contributed by atoms with Crippen LogP contribution in [-0.4, -0.2) is 18.0 Å². The molecule has 0 fully saturated rings. The normalized spacial score (nSPS) is 19.9. The topological polar surface area (TPSA) is 21.6 Å². The smallest absolute Gasteiger partial charge is 0.183 e. The van der Waals surface area contributed by atoms with Gasteiger partial charge < -0.3 is 4.74 Å². The number of nitrogens with zero attached hydrogens (tertiary/aromatic N) is 1. The largest absolute Gasteiger partial charge is 0.478 e. The lowest BCUT2D eigenvalue weighted by molar-refractivity contribution is 0.271. The van der Waals surface area contributed by atoms with Crippen molar-refractivity contribution in [2.24, 2.45) is 22.7 Å². The standard InChI is InChI=1S/C20H39NO/c1-16(2)9-7-10-17(3)11-8-12-18(4)13-14-19-21-20(5,6)15-22-19/h16-18H,7-15H2,1-6H3. The monoisotopic (exact) mass is 309 g/mol. The first-order chi connectivity index (χ1) is 10.3. The van der Waals surface area contributed by atoms with Crippen molar-refractivity contribution >= 4 is 5.90 Å². The second-order valence-corrected chi connectivity index (χ2v) is 8.61. The molecule has 2 nitrogen and oxygen atoms in total. The average Bonchev–Trinajstić information content (AvgIpc) is 2.75. The lowest BCUT2D eigenvalue weighted by atomic mass is 9.92. The van der Waals surface area contributed by atoms with Crippen LogP contribution in [-0.2, 0) is 4.74 Å². The van der Waals surface area contributed by atoms with Gasteiger partial charge in [0.15, 0.2) is 5.90 Å². The summed E-state index contributed by atoms with van der Waals surface area (Å²) in [7, 11) is 0. The van der Waals surface area contributed by atoms with E-state index in [2.05, 4.69) is 46.5 Å². The molecule has 0 aromatic carbocycles. The molecule has 0 aliphatic carbocycles. The molecule has 0 amide bonds. The fourth-order valence-corrected chi connectivity index (χ4v) is 3.14. The van der Waals surface area contributed by atoms with Crippen LogP contribution in [0.1, 0.15) is 92.9 Å². The molecule has 2 unspecified atom stereocenters. The van der Waals surface area contributed by atoms with E-state index in [1.165, 1.54) is 44.9 Å². The molecule has 0 bridgehead atoms. The van der Waals surface area contributed by atoms with Gasteiger partial charge in [-0.05, 0) is 38.0 Å². The molecule has 2 atom stereocenters. The van der Waals surface area contributed by atoms with E-state index in [-0.39, 0.29) is 5.54 Å². The Morgan fingerprint density at radius 1 is 0.909 bits per heavy atom. The summed E-state index contributed by atoms with van der Waals surface area (Å²) in [4.78, 5) is 4.64. The second-order valence-electron chi connectivity index (χ2n) is 8.61. The Labute approximate surface area is 139 Å². The molecule has 130 valence electrons. The first-order valence-corrected chi connectivity index (χ1v) is 9.50. The molecular weight excluding hydrogens is 270 g/mol. The Morgan fingerprint density at radius 3 is 1.95 bits per heavy atom. The van der Waals surface area contributed by atoms with Crippen LogP contribution in [0.4, 0.5) is 0 Å². The predicted molar refractivity (Wildman–Crippen MR) is 97.6 cm³/mol. The van der Waals surface area contributed by atoms with Crippen molar-refractivity contribution < 1.29 is 4.74 Å². The van der Waals surface area contributed by atoms with Crippen LogP contribution in [0.25, 0.3) is 0 Å². The molecule has 1 rings (SSSR count). The van der Waals surface area contributed by atoms with Crippen molar-refractivity contribution in [1.29, 1.82) is 0 Å². The summed E-state index contributed by atoms with van der Waals surface area (Å²) in [5.41, 5.74) is 0.00396. The maximum Gasteiger partial charge on any atom is 0.183 e. The van der Waals surface area contributed by atoms with E-state index < -0.39 is 0 Å². The van der Waals surface area contributed by atoms with Crippen molar-refractivity contribution in [1.82, 2.24) is 0 Å². The molecule has 0 saturated carbocycles. The lowest BCUT2D eigenvalue weighted by Gasteiger charge is -2.15. The van der Waals surface area contributed by atoms with E-state index in [4.69, 9.17) is 4.74 Å². The van der Waals surface area contributed by atoms with Crippen LogP contribution in [0.15, 0.2) is 4.99 Å². The van der Waals surface area contributed by atoms with Gasteiger partial charge in [-0.3, -0.25) is 0 Å². The lowest BCUT2D eigenvalue weighted by Crippen LogP contribution is -2.17. The predicted octanol–water partition coefficient (Wildman–Crippen LogP) is 6.24. The Hall–Kier alpha value is -0.530. The Kier molecular flexibility index (Phi) is 8.49. The zero-order valence-electron chi connectivity index (χ0n) is 16.0. The highest BCUT2D eigenvalue weighted by molar-refractivity contribution is 5.78. The molecule has 0 spiro atoms. The van der Waals surface area contributed by atoms with E-state index in [0.29, 0.717) is 0 Å². The van der Waals surface area contributed by atoms with Crippen molar-refractivity contribution in [3.8, 4) is 0 Å². The van der Waals surface area contributed by atoms with Gasteiger partial charge in [0, 0.05) is 6.42 Å². The summed E-state index contributed by atoms with van der Waals surface area (Å²) in [5.74, 6) is 3.53. The van der Waals surface area contributed by atoms with E-state index in [1.54, 1.807) is 0 Å². The fraction of sp³-hybridized carbons (Fsp3) is 0.950. The van der Waals surface area contributed by atoms with E-state index in [0.717, 1.165) is 36.7 Å². The van der Waals surface area contributed by atoms with Crippen LogP contribution < -0.4 is 0 Å². The van der Waals surface area contributed by atoms with E-state index >= 15 is 0 Å². The van der Waals surface area contributed by atoms with Gasteiger partial charge in [0.1, 0.15) is 6.61 Å². The maximum absolute atomic E-state index is 5.67. The summed E-state index contributed by atoms with van der Waals surface area (Å²) in [6, 6.07) is 0. The van der Waals surface area contributed by atoms with Gasteiger partial charge in [-0.25, -0.2) is 4.99 Å². The van der Waals surface area contributed by atoms with Crippen LogP contribution in [0, 0.1) is 17.8 Å². The van der Waals surface area contributed by atoms with Crippen LogP contribution in [0.3, 0.4) is 0 Å². The third-order valence-electron chi connectivity index (χ3n) is 4.74. The van der Waals surface area contributed by atoms with Crippen molar-refractivity contribution in [2.45, 2.75) is 98.4 Å². The van der Waals surface area contributed by atoms with Crippen molar-refractivity contribution in [3.05, 3.63) is 0 Å². The molecule has 22 heavy (non-hydrogen) atoms. The minimum Gasteiger partial charge on any atom is -0.478 e. The molecule has 1 heterocycles. The number of aliphatic imine (C=N–C) groups is 1. The summed E-state index contributed by atoms with van der Waals surface area (Å²) in [6.45, 7) is 14.5. The molecule has 2 heteroatoms. The van der Waals surface area contributed by atoms with Crippen molar-refractivity contribution in [2.75, 3.05) is 6.61 Å². The minimum absolute atomic E-state index is 0.00396. The number of hydrogen-bond acceptors (Lipinski definition) is 2. The van der Waals surface area contributed by atoms with E-state index in [9.17, 15) is 0 Å². The van der Waals surface area contributed by atoms with Gasteiger partial charge in [0.25, 0.3) is 0 Å². The van der Waals surface area contributed by atoms with Gasteiger partial charge in [0.2, 0.25) is 0 Å². The fourth-order valence-electron chi connectivity index (χ4n) is 3.14. The molecule has 0 aromatic heterocycles. The summed E-state index contributed by atoms with van der Waals surface area (Å²) >= 11 is 0. The average molecular weight is 310 g/mol. The maximum atomic E-state index is 5.67. The summed E-state index contributed by atoms with van der Waals surface area (Å²) < 4.78 is 5.67. The molecule has 1 aliphatic rings. The number of rotatable bonds is 11. The van der Waals surface area contributed by atoms with Crippen molar-refractivity contribution in [3.63, 3.8) is 0 Å². The Morgan fingerprint density at radius 2 is 1.45 bits per heavy atom. The first-order valence-electron chi connectivity index (χ1n) is 9.50. The number of hydrogen-bond donors (Lipinski definition) is 0. The van der Waals surface area contributed by atoms with Gasteiger partial charge in [-0.2, -0.15) is 0 Å². The molecule has 0 radical (unpaired) electrons. The van der Waals surface area contributed by atoms with E-state index in [1.807, 2.05) is 0 Å². The van der Waals surface area contributed by atoms with Gasteiger partial charge in [-0.15, -0.1) is 0 Å². The molecule has 0 saturated heterocycles. The molecule has 1 aliphatic heterocycles. The minimum atomic E-state index is 0.00396. The Bertz CT molecular complexity index is 333. The Balaban J connectivity index is 2.05. The zero-order chi connectivity index (χ0) is 16.6. The summed E-state index contributed by atoms with van der Waals surface area (Å²) in [6.07, 6.45) is 10.6. The highest BCUT2D eigenvalue weighted by atomic mass is 16.5. The summed E-state index contributed by atoms with van der Waals surface area (Å²) in [5, 5.41) is 0. The van der Waals surface area contributed by atoms with Crippen LogP contribution in [0.5, 0.6) is 0 Å². The third kappa shape index (κ3) is 8.80. The van der Waals surface area contributed by atoms with Crippen LogP contribution in [0.2, 0.25) is 0 Å². The second kappa shape index (κ2) is 9.57. The van der Waals surface area contributed by atoms with Gasteiger partial charge >= 0.3 is 0 Å². The van der Waals surface area contributed by atoms with Gasteiger partial charge in [-0.1, -0.05) is 66.2 Å². The highest BCUT2D eigenvalue weighted by Crippen LogP contribution is 2.23.